The maximum absolute atomic E-state index is 12.2. The van der Waals surface area contributed by atoms with Crippen LogP contribution in [0.3, 0.4) is 0 Å². The molecule has 0 saturated carbocycles. The average Bonchev–Trinajstić information content (AvgIpc) is 2.85. The molecule has 1 aromatic heterocycles. The van der Waals surface area contributed by atoms with Crippen LogP contribution in [-0.2, 0) is 9.63 Å². The van der Waals surface area contributed by atoms with Gasteiger partial charge in [0.25, 0.3) is 5.91 Å². The molecule has 0 radical (unpaired) electrons. The summed E-state index contributed by atoms with van der Waals surface area (Å²) in [7, 11) is 1.36. The highest BCUT2D eigenvalue weighted by molar-refractivity contribution is 9.10. The molecule has 1 aliphatic heterocycles. The maximum atomic E-state index is 12.2. The van der Waals surface area contributed by atoms with E-state index in [1.54, 1.807) is 10.6 Å². The zero-order valence-corrected chi connectivity index (χ0v) is 12.1. The molecule has 1 amide bonds. The van der Waals surface area contributed by atoms with Crippen LogP contribution in [0.4, 0.5) is 0 Å². The molecule has 2 heterocycles. The summed E-state index contributed by atoms with van der Waals surface area (Å²) in [4.78, 5) is 28.3. The molecular formula is C13H11BrN2O4. The van der Waals surface area contributed by atoms with Crippen molar-refractivity contribution in [3.05, 3.63) is 34.4 Å². The predicted octanol–water partition coefficient (Wildman–Crippen LogP) is 2.39. The van der Waals surface area contributed by atoms with E-state index < -0.39 is 12.1 Å². The molecule has 1 aliphatic rings. The highest BCUT2D eigenvalue weighted by Crippen LogP contribution is 2.36. The summed E-state index contributed by atoms with van der Waals surface area (Å²) in [6.45, 7) is 0. The second-order valence-electron chi connectivity index (χ2n) is 4.49. The fourth-order valence-corrected chi connectivity index (χ4v) is 2.96. The van der Waals surface area contributed by atoms with E-state index in [1.807, 2.05) is 18.2 Å². The van der Waals surface area contributed by atoms with Crippen molar-refractivity contribution in [3.8, 4) is 0 Å². The van der Waals surface area contributed by atoms with Gasteiger partial charge in [-0.1, -0.05) is 15.9 Å². The molecule has 2 aromatic rings. The molecule has 1 aromatic carbocycles. The molecule has 3 rings (SSSR count). The first-order valence-electron chi connectivity index (χ1n) is 5.93. The minimum atomic E-state index is -0.989. The average molecular weight is 339 g/mol. The summed E-state index contributed by atoms with van der Waals surface area (Å²) in [5.74, 6) is -1.32. The van der Waals surface area contributed by atoms with Gasteiger partial charge in [-0.15, -0.1) is 0 Å². The van der Waals surface area contributed by atoms with Crippen molar-refractivity contribution in [2.24, 2.45) is 0 Å². The third-order valence-corrected chi connectivity index (χ3v) is 3.84. The molecule has 104 valence electrons. The van der Waals surface area contributed by atoms with E-state index in [0.717, 1.165) is 20.4 Å². The Balaban J connectivity index is 2.21. The summed E-state index contributed by atoms with van der Waals surface area (Å²) in [6.07, 6.45) is -0.884. The molecular weight excluding hydrogens is 328 g/mol. The number of hydrogen-bond acceptors (Lipinski definition) is 3. The predicted molar refractivity (Wildman–Crippen MR) is 74.1 cm³/mol. The lowest BCUT2D eigenvalue weighted by molar-refractivity contribution is -0.153. The maximum Gasteiger partial charge on any atom is 0.307 e. The molecule has 6 nitrogen and oxygen atoms in total. The normalized spacial score (nSPS) is 17.8. The Labute approximate surface area is 122 Å². The molecule has 0 spiro atoms. The van der Waals surface area contributed by atoms with Crippen LogP contribution in [0, 0.1) is 0 Å². The Morgan fingerprint density at radius 2 is 2.20 bits per heavy atom. The van der Waals surface area contributed by atoms with Crippen LogP contribution in [0.25, 0.3) is 10.9 Å². The Bertz CT molecular complexity index is 724. The van der Waals surface area contributed by atoms with Crippen molar-refractivity contribution in [3.63, 3.8) is 0 Å². The topological polar surface area (TPSA) is 71.8 Å². The van der Waals surface area contributed by atoms with Crippen LogP contribution in [-0.4, -0.2) is 33.7 Å². The number of aromatic nitrogens is 1. The number of hydrogen-bond donors (Lipinski definition) is 1. The van der Waals surface area contributed by atoms with Gasteiger partial charge in [-0.2, -0.15) is 5.06 Å². The van der Waals surface area contributed by atoms with Crippen LogP contribution in [0.2, 0.25) is 0 Å². The van der Waals surface area contributed by atoms with Crippen molar-refractivity contribution in [2.45, 2.75) is 12.6 Å². The Kier molecular flexibility index (Phi) is 3.02. The summed E-state index contributed by atoms with van der Waals surface area (Å²) >= 11 is 3.38. The van der Waals surface area contributed by atoms with Crippen molar-refractivity contribution in [1.29, 1.82) is 0 Å². The minimum absolute atomic E-state index is 0.216. The van der Waals surface area contributed by atoms with Gasteiger partial charge in [0.1, 0.15) is 11.9 Å². The fourth-order valence-electron chi connectivity index (χ4n) is 2.58. The number of carbonyl (C=O) groups is 2. The molecule has 0 bridgehead atoms. The van der Waals surface area contributed by atoms with Crippen molar-refractivity contribution in [1.82, 2.24) is 9.63 Å². The van der Waals surface area contributed by atoms with Crippen LogP contribution < -0.4 is 0 Å². The third kappa shape index (κ3) is 1.82. The van der Waals surface area contributed by atoms with Gasteiger partial charge >= 0.3 is 5.97 Å². The number of rotatable bonds is 3. The van der Waals surface area contributed by atoms with E-state index in [9.17, 15) is 9.59 Å². The first-order valence-corrected chi connectivity index (χ1v) is 6.72. The second kappa shape index (κ2) is 4.60. The Hall–Kier alpha value is -1.86. The van der Waals surface area contributed by atoms with Gasteiger partial charge in [-0.05, 0) is 24.3 Å². The van der Waals surface area contributed by atoms with E-state index >= 15 is 0 Å². The lowest BCUT2D eigenvalue weighted by Gasteiger charge is -2.22. The Morgan fingerprint density at radius 1 is 1.45 bits per heavy atom. The van der Waals surface area contributed by atoms with Crippen molar-refractivity contribution >= 4 is 38.7 Å². The molecule has 0 saturated heterocycles. The summed E-state index contributed by atoms with van der Waals surface area (Å²) in [5.41, 5.74) is 1.24. The van der Waals surface area contributed by atoms with E-state index in [2.05, 4.69) is 15.9 Å². The number of fused-ring (bicyclic) bond motifs is 3. The van der Waals surface area contributed by atoms with Crippen LogP contribution in [0.1, 0.15) is 23.1 Å². The standard InChI is InChI=1S/C13H11BrN2O4/c1-20-16-11(6-12(17)18)15-9-3-2-8(14)4-7(9)5-10(15)13(16)19/h2-5,11H,6H2,1H3,(H,17,18). The van der Waals surface area contributed by atoms with Gasteiger partial charge in [0.15, 0.2) is 0 Å². The molecule has 0 fully saturated rings. The highest BCUT2D eigenvalue weighted by atomic mass is 79.9. The van der Waals surface area contributed by atoms with Crippen LogP contribution >= 0.6 is 15.9 Å². The fraction of sp³-hybridized carbons (Fsp3) is 0.231. The monoisotopic (exact) mass is 338 g/mol. The SMILES string of the molecule is CON1C(=O)c2cc3cc(Br)ccc3n2C1CC(=O)O. The molecule has 20 heavy (non-hydrogen) atoms. The van der Waals surface area contributed by atoms with E-state index in [0.29, 0.717) is 5.69 Å². The lowest BCUT2D eigenvalue weighted by Crippen LogP contribution is -2.30. The number of nitrogens with zero attached hydrogens (tertiary/aromatic N) is 2. The number of carbonyl (C=O) groups excluding carboxylic acids is 1. The first-order chi connectivity index (χ1) is 9.52. The molecule has 1 N–H and O–H groups in total. The Morgan fingerprint density at radius 3 is 2.85 bits per heavy atom. The minimum Gasteiger partial charge on any atom is -0.481 e. The highest BCUT2D eigenvalue weighted by Gasteiger charge is 2.39. The van der Waals surface area contributed by atoms with Crippen molar-refractivity contribution < 1.29 is 19.5 Å². The van der Waals surface area contributed by atoms with Gasteiger partial charge in [-0.25, -0.2) is 0 Å². The zero-order chi connectivity index (χ0) is 14.4. The van der Waals surface area contributed by atoms with Gasteiger partial charge in [-0.3, -0.25) is 14.4 Å². The number of amides is 1. The van der Waals surface area contributed by atoms with Gasteiger partial charge in [0, 0.05) is 9.86 Å². The van der Waals surface area contributed by atoms with Crippen molar-refractivity contribution in [2.75, 3.05) is 7.11 Å². The third-order valence-electron chi connectivity index (χ3n) is 3.34. The number of benzene rings is 1. The molecule has 1 unspecified atom stereocenters. The van der Waals surface area contributed by atoms with Crippen LogP contribution in [0.5, 0.6) is 0 Å². The first kappa shape index (κ1) is 13.1. The van der Waals surface area contributed by atoms with E-state index in [-0.39, 0.29) is 12.3 Å². The molecule has 1 atom stereocenters. The van der Waals surface area contributed by atoms with Gasteiger partial charge < -0.3 is 9.67 Å². The zero-order valence-electron chi connectivity index (χ0n) is 10.5. The van der Waals surface area contributed by atoms with E-state index in [4.69, 9.17) is 9.94 Å². The van der Waals surface area contributed by atoms with Crippen LogP contribution in [0.15, 0.2) is 28.7 Å². The number of aliphatic carboxylic acids is 1. The lowest BCUT2D eigenvalue weighted by atomic mass is 10.2. The second-order valence-corrected chi connectivity index (χ2v) is 5.41. The quantitative estimate of drug-likeness (QED) is 0.932. The molecule has 0 aliphatic carbocycles. The summed E-state index contributed by atoms with van der Waals surface area (Å²) in [5, 5.41) is 11.0. The molecule has 7 heteroatoms. The summed E-state index contributed by atoms with van der Waals surface area (Å²) < 4.78 is 2.61. The van der Waals surface area contributed by atoms with Gasteiger partial charge in [0.05, 0.1) is 19.0 Å². The smallest absolute Gasteiger partial charge is 0.307 e. The number of carboxylic acids is 1. The van der Waals surface area contributed by atoms with Gasteiger partial charge in [0.2, 0.25) is 0 Å². The summed E-state index contributed by atoms with van der Waals surface area (Å²) in [6, 6.07) is 7.34. The number of hydroxylamine groups is 2. The largest absolute Gasteiger partial charge is 0.481 e. The number of carboxylic acid groups (broad SMARTS) is 1. The number of halogens is 1. The van der Waals surface area contributed by atoms with E-state index in [1.165, 1.54) is 7.11 Å².